The molecule has 0 aliphatic carbocycles. The number of methoxy groups -OCH3 is 1. The lowest BCUT2D eigenvalue weighted by molar-refractivity contribution is -0.140. The van der Waals surface area contributed by atoms with Gasteiger partial charge >= 0.3 is 5.97 Å². The van der Waals surface area contributed by atoms with Gasteiger partial charge in [0.15, 0.2) is 0 Å². The van der Waals surface area contributed by atoms with Crippen LogP contribution < -0.4 is 5.73 Å². The Morgan fingerprint density at radius 3 is 2.25 bits per heavy atom. The molecule has 0 aromatic heterocycles. The molecule has 2 aromatic rings. The van der Waals surface area contributed by atoms with Gasteiger partial charge in [0.05, 0.1) is 7.11 Å². The summed E-state index contributed by atoms with van der Waals surface area (Å²) in [7, 11) is 1.42. The lowest BCUT2D eigenvalue weighted by Gasteiger charge is -2.13. The van der Waals surface area contributed by atoms with Crippen molar-refractivity contribution in [3.05, 3.63) is 70.2 Å². The van der Waals surface area contributed by atoms with E-state index in [2.05, 4.69) is 29.0 Å². The summed E-state index contributed by atoms with van der Waals surface area (Å²) in [5.41, 5.74) is 9.89. The van der Waals surface area contributed by atoms with E-state index in [0.29, 0.717) is 6.42 Å². The summed E-state index contributed by atoms with van der Waals surface area (Å²) in [5.74, 6) is -0.157. The highest BCUT2D eigenvalue weighted by Gasteiger charge is 2.07. The van der Waals surface area contributed by atoms with Crippen LogP contribution >= 0.6 is 11.6 Å². The minimum atomic E-state index is -0.157. The zero-order valence-electron chi connectivity index (χ0n) is 14.0. The van der Waals surface area contributed by atoms with Crippen LogP contribution in [-0.4, -0.2) is 13.1 Å². The highest BCUT2D eigenvalue weighted by atomic mass is 35.5. The minimum Gasteiger partial charge on any atom is -0.469 e. The van der Waals surface area contributed by atoms with Crippen molar-refractivity contribution in [2.45, 2.75) is 38.1 Å². The van der Waals surface area contributed by atoms with Crippen molar-refractivity contribution in [3.63, 3.8) is 0 Å². The molecule has 0 saturated heterocycles. The van der Waals surface area contributed by atoms with E-state index < -0.39 is 0 Å². The molecule has 0 aliphatic heterocycles. The summed E-state index contributed by atoms with van der Waals surface area (Å²) in [6, 6.07) is 16.3. The van der Waals surface area contributed by atoms with Crippen molar-refractivity contribution in [1.82, 2.24) is 0 Å². The van der Waals surface area contributed by atoms with E-state index in [1.165, 1.54) is 18.2 Å². The molecule has 0 heterocycles. The smallest absolute Gasteiger partial charge is 0.305 e. The lowest BCUT2D eigenvalue weighted by Crippen LogP contribution is -2.11. The number of ether oxygens (including phenoxy) is 1. The molecule has 0 spiro atoms. The van der Waals surface area contributed by atoms with Crippen LogP contribution in [-0.2, 0) is 22.4 Å². The van der Waals surface area contributed by atoms with Crippen LogP contribution in [0.3, 0.4) is 0 Å². The number of carbonyl (C=O) groups excluding carboxylic acids is 1. The molecule has 0 amide bonds. The summed E-state index contributed by atoms with van der Waals surface area (Å²) < 4.78 is 4.65. The molecule has 0 saturated carbocycles. The van der Waals surface area contributed by atoms with Crippen LogP contribution in [0.25, 0.3) is 0 Å². The summed E-state index contributed by atoms with van der Waals surface area (Å²) >= 11 is 5.90. The number of hydrogen-bond acceptors (Lipinski definition) is 3. The third-order valence-electron chi connectivity index (χ3n) is 4.14. The van der Waals surface area contributed by atoms with E-state index in [0.717, 1.165) is 36.3 Å². The lowest BCUT2D eigenvalue weighted by atomic mass is 9.98. The van der Waals surface area contributed by atoms with E-state index in [9.17, 15) is 4.79 Å². The topological polar surface area (TPSA) is 52.3 Å². The van der Waals surface area contributed by atoms with Gasteiger partial charge in [-0.15, -0.1) is 0 Å². The van der Waals surface area contributed by atoms with Gasteiger partial charge in [-0.1, -0.05) is 48.0 Å². The van der Waals surface area contributed by atoms with Crippen LogP contribution in [0.5, 0.6) is 0 Å². The van der Waals surface area contributed by atoms with Crippen molar-refractivity contribution < 1.29 is 9.53 Å². The fourth-order valence-corrected chi connectivity index (χ4v) is 2.74. The molecule has 0 fully saturated rings. The van der Waals surface area contributed by atoms with Gasteiger partial charge in [-0.05, 0) is 54.5 Å². The summed E-state index contributed by atoms with van der Waals surface area (Å²) in [4.78, 5) is 11.1. The van der Waals surface area contributed by atoms with E-state index in [-0.39, 0.29) is 12.0 Å². The monoisotopic (exact) mass is 345 g/mol. The molecule has 2 aromatic carbocycles. The average molecular weight is 346 g/mol. The molecule has 0 radical (unpaired) electrons. The first-order chi connectivity index (χ1) is 11.6. The standard InChI is InChI=1S/C20H24ClNO2/c1-24-20(23)4-2-3-15-5-10-17(11-6-15)19(22)14-9-16-7-12-18(21)13-8-16/h5-8,10-13,19H,2-4,9,14,22H2,1H3. The van der Waals surface area contributed by atoms with Crippen molar-refractivity contribution in [3.8, 4) is 0 Å². The largest absolute Gasteiger partial charge is 0.469 e. The summed E-state index contributed by atoms with van der Waals surface area (Å²) in [6.45, 7) is 0. The SMILES string of the molecule is COC(=O)CCCc1ccc(C(N)CCc2ccc(Cl)cc2)cc1. The fraction of sp³-hybridized carbons (Fsp3) is 0.350. The molecule has 1 atom stereocenters. The van der Waals surface area contributed by atoms with Gasteiger partial charge < -0.3 is 10.5 Å². The molecule has 0 bridgehead atoms. The molecule has 128 valence electrons. The van der Waals surface area contributed by atoms with E-state index in [1.54, 1.807) is 0 Å². The first kappa shape index (κ1) is 18.5. The number of benzene rings is 2. The highest BCUT2D eigenvalue weighted by molar-refractivity contribution is 6.30. The molecule has 24 heavy (non-hydrogen) atoms. The van der Waals surface area contributed by atoms with Crippen LogP contribution in [0.4, 0.5) is 0 Å². The van der Waals surface area contributed by atoms with E-state index in [4.69, 9.17) is 17.3 Å². The zero-order chi connectivity index (χ0) is 17.4. The Balaban J connectivity index is 1.81. The second-order valence-electron chi connectivity index (χ2n) is 5.94. The predicted octanol–water partition coefficient (Wildman–Crippen LogP) is 4.47. The van der Waals surface area contributed by atoms with Crippen molar-refractivity contribution in [2.75, 3.05) is 7.11 Å². The molecule has 2 N–H and O–H groups in total. The minimum absolute atomic E-state index is 0.0183. The number of carbonyl (C=O) groups is 1. The molecule has 1 unspecified atom stereocenters. The number of aryl methyl sites for hydroxylation is 2. The van der Waals surface area contributed by atoms with Gasteiger partial charge in [0, 0.05) is 17.5 Å². The van der Waals surface area contributed by atoms with Gasteiger partial charge in [0.1, 0.15) is 0 Å². The number of nitrogens with two attached hydrogens (primary N) is 1. The van der Waals surface area contributed by atoms with E-state index in [1.807, 2.05) is 24.3 Å². The van der Waals surface area contributed by atoms with Gasteiger partial charge in [-0.25, -0.2) is 0 Å². The Labute approximate surface area is 148 Å². The maximum absolute atomic E-state index is 11.1. The maximum atomic E-state index is 11.1. The van der Waals surface area contributed by atoms with Gasteiger partial charge in [0.2, 0.25) is 0 Å². The highest BCUT2D eigenvalue weighted by Crippen LogP contribution is 2.19. The molecular weight excluding hydrogens is 322 g/mol. The van der Waals surface area contributed by atoms with E-state index >= 15 is 0 Å². The van der Waals surface area contributed by atoms with Crippen LogP contribution in [0.15, 0.2) is 48.5 Å². The van der Waals surface area contributed by atoms with Gasteiger partial charge in [-0.3, -0.25) is 4.79 Å². The molecule has 4 heteroatoms. The molecule has 3 nitrogen and oxygen atoms in total. The first-order valence-electron chi connectivity index (χ1n) is 8.24. The van der Waals surface area contributed by atoms with Crippen LogP contribution in [0.2, 0.25) is 5.02 Å². The van der Waals surface area contributed by atoms with Gasteiger partial charge in [0.25, 0.3) is 0 Å². The molecule has 0 aliphatic rings. The Morgan fingerprint density at radius 1 is 1.04 bits per heavy atom. The van der Waals surface area contributed by atoms with Crippen molar-refractivity contribution in [1.29, 1.82) is 0 Å². The average Bonchev–Trinajstić information content (AvgIpc) is 2.61. The predicted molar refractivity (Wildman–Crippen MR) is 98.1 cm³/mol. The Morgan fingerprint density at radius 2 is 1.62 bits per heavy atom. The second kappa shape index (κ2) is 9.45. The Hall–Kier alpha value is -1.84. The van der Waals surface area contributed by atoms with Crippen LogP contribution in [0.1, 0.15) is 42.0 Å². The number of halogens is 1. The van der Waals surface area contributed by atoms with Crippen molar-refractivity contribution in [2.24, 2.45) is 5.73 Å². The number of esters is 1. The maximum Gasteiger partial charge on any atom is 0.305 e. The number of hydrogen-bond donors (Lipinski definition) is 1. The Bertz CT molecular complexity index is 638. The van der Waals surface area contributed by atoms with Gasteiger partial charge in [-0.2, -0.15) is 0 Å². The Kier molecular flexibility index (Phi) is 7.29. The fourth-order valence-electron chi connectivity index (χ4n) is 2.61. The molecular formula is C20H24ClNO2. The normalized spacial score (nSPS) is 12.0. The third-order valence-corrected chi connectivity index (χ3v) is 4.39. The second-order valence-corrected chi connectivity index (χ2v) is 6.38. The van der Waals surface area contributed by atoms with Crippen molar-refractivity contribution >= 4 is 17.6 Å². The number of rotatable bonds is 8. The zero-order valence-corrected chi connectivity index (χ0v) is 14.8. The third kappa shape index (κ3) is 5.99. The van der Waals surface area contributed by atoms with Crippen LogP contribution in [0, 0.1) is 0 Å². The summed E-state index contributed by atoms with van der Waals surface area (Å²) in [5, 5.41) is 0.755. The quantitative estimate of drug-likeness (QED) is 0.718. The summed E-state index contributed by atoms with van der Waals surface area (Å²) in [6.07, 6.45) is 3.95. The molecule has 2 rings (SSSR count). The first-order valence-corrected chi connectivity index (χ1v) is 8.62.